The summed E-state index contributed by atoms with van der Waals surface area (Å²) in [6.07, 6.45) is 2.04. The molecular formula is C28H25N3O. The lowest BCUT2D eigenvalue weighted by molar-refractivity contribution is -0.116. The first-order chi connectivity index (χ1) is 15.5. The average molecular weight is 420 g/mol. The number of fused-ring (bicyclic) bond motifs is 1. The molecule has 2 N–H and O–H groups in total. The zero-order chi connectivity index (χ0) is 22.4. The molecule has 1 heterocycles. The Morgan fingerprint density at radius 1 is 1.03 bits per heavy atom. The Labute approximate surface area is 188 Å². The molecule has 1 atom stereocenters. The van der Waals surface area contributed by atoms with Crippen LogP contribution in [-0.4, -0.2) is 5.78 Å². The number of ketones is 1. The van der Waals surface area contributed by atoms with Gasteiger partial charge in [0.2, 0.25) is 0 Å². The van der Waals surface area contributed by atoms with Gasteiger partial charge in [-0.25, -0.2) is 0 Å². The molecule has 4 nitrogen and oxygen atoms in total. The predicted octanol–water partition coefficient (Wildman–Crippen LogP) is 5.76. The lowest BCUT2D eigenvalue weighted by atomic mass is 9.74. The summed E-state index contributed by atoms with van der Waals surface area (Å²) in [4.78, 5) is 15.3. The van der Waals surface area contributed by atoms with E-state index >= 15 is 0 Å². The molecule has 158 valence electrons. The number of hydrogen-bond acceptors (Lipinski definition) is 4. The van der Waals surface area contributed by atoms with Crippen LogP contribution in [0.5, 0.6) is 0 Å². The Kier molecular flexibility index (Phi) is 4.83. The molecule has 3 aromatic carbocycles. The standard InChI is InChI=1S/C28H25N3O/c1-17-13-14-18(2)21(15-17)26-22(16-29)28(30)31(24-11-6-12-25(32)27(24)26)23-10-5-8-19-7-3-4-9-20(19)23/h3-5,7-10,13-15,26H,6,11-12,30H2,1-2H3. The van der Waals surface area contributed by atoms with E-state index in [-0.39, 0.29) is 5.78 Å². The first kappa shape index (κ1) is 20.1. The van der Waals surface area contributed by atoms with Crippen LogP contribution in [0.3, 0.4) is 0 Å². The Bertz CT molecular complexity index is 1370. The molecule has 32 heavy (non-hydrogen) atoms. The maximum absolute atomic E-state index is 13.4. The van der Waals surface area contributed by atoms with E-state index in [1.807, 2.05) is 43.0 Å². The normalized spacial score (nSPS) is 18.7. The fourth-order valence-electron chi connectivity index (χ4n) is 5.15. The van der Waals surface area contributed by atoms with Crippen LogP contribution in [0.15, 0.2) is 83.3 Å². The third kappa shape index (κ3) is 3.01. The van der Waals surface area contributed by atoms with Crippen molar-refractivity contribution >= 4 is 22.2 Å². The van der Waals surface area contributed by atoms with Gasteiger partial charge in [0.1, 0.15) is 5.82 Å². The van der Waals surface area contributed by atoms with E-state index in [4.69, 9.17) is 5.73 Å². The number of Topliss-reactive ketones (excluding diaryl/α,β-unsaturated/α-hetero) is 1. The first-order valence-corrected chi connectivity index (χ1v) is 11.0. The molecule has 0 fully saturated rings. The number of nitrogens with two attached hydrogens (primary N) is 1. The van der Waals surface area contributed by atoms with Crippen molar-refractivity contribution in [3.63, 3.8) is 0 Å². The van der Waals surface area contributed by atoms with E-state index in [0.29, 0.717) is 17.8 Å². The van der Waals surface area contributed by atoms with Gasteiger partial charge in [0, 0.05) is 23.1 Å². The molecule has 3 aromatic rings. The molecular weight excluding hydrogens is 394 g/mol. The number of nitriles is 1. The predicted molar refractivity (Wildman–Crippen MR) is 128 cm³/mol. The molecule has 1 unspecified atom stereocenters. The second-order valence-electron chi connectivity index (χ2n) is 8.67. The Balaban J connectivity index is 1.82. The number of anilines is 1. The third-order valence-corrected chi connectivity index (χ3v) is 6.67. The van der Waals surface area contributed by atoms with Gasteiger partial charge in [-0.3, -0.25) is 9.69 Å². The molecule has 1 aliphatic heterocycles. The van der Waals surface area contributed by atoms with Crippen molar-refractivity contribution in [1.29, 1.82) is 5.26 Å². The summed E-state index contributed by atoms with van der Waals surface area (Å²) >= 11 is 0. The number of benzene rings is 3. The van der Waals surface area contributed by atoms with Crippen LogP contribution >= 0.6 is 0 Å². The smallest absolute Gasteiger partial charge is 0.161 e. The second kappa shape index (κ2) is 7.69. The zero-order valence-corrected chi connectivity index (χ0v) is 18.4. The van der Waals surface area contributed by atoms with Gasteiger partial charge < -0.3 is 5.73 Å². The third-order valence-electron chi connectivity index (χ3n) is 6.67. The lowest BCUT2D eigenvalue weighted by Gasteiger charge is -2.40. The van der Waals surface area contributed by atoms with Gasteiger partial charge >= 0.3 is 0 Å². The molecule has 5 rings (SSSR count). The van der Waals surface area contributed by atoms with E-state index in [2.05, 4.69) is 42.5 Å². The molecule has 4 heteroatoms. The number of carbonyl (C=O) groups is 1. The summed E-state index contributed by atoms with van der Waals surface area (Å²) in [6.45, 7) is 4.07. The van der Waals surface area contributed by atoms with Crippen LogP contribution in [0.4, 0.5) is 5.69 Å². The van der Waals surface area contributed by atoms with Gasteiger partial charge in [-0.2, -0.15) is 5.26 Å². The Morgan fingerprint density at radius 3 is 2.62 bits per heavy atom. The Hall–Kier alpha value is -3.84. The van der Waals surface area contributed by atoms with Crippen molar-refractivity contribution in [2.24, 2.45) is 5.73 Å². The van der Waals surface area contributed by atoms with Crippen molar-refractivity contribution in [2.45, 2.75) is 39.0 Å². The number of carbonyl (C=O) groups excluding carboxylic acids is 1. The number of nitrogens with zero attached hydrogens (tertiary/aromatic N) is 2. The molecule has 1 aliphatic carbocycles. The highest BCUT2D eigenvalue weighted by molar-refractivity contribution is 6.03. The fourth-order valence-corrected chi connectivity index (χ4v) is 5.15. The van der Waals surface area contributed by atoms with Crippen LogP contribution in [0.2, 0.25) is 0 Å². The minimum Gasteiger partial charge on any atom is -0.384 e. The van der Waals surface area contributed by atoms with Gasteiger partial charge in [0.25, 0.3) is 0 Å². The van der Waals surface area contributed by atoms with Gasteiger partial charge in [-0.1, -0.05) is 60.2 Å². The molecule has 0 saturated heterocycles. The summed E-state index contributed by atoms with van der Waals surface area (Å²) in [5, 5.41) is 12.4. The largest absolute Gasteiger partial charge is 0.384 e. The molecule has 0 saturated carbocycles. The molecule has 0 aromatic heterocycles. The summed E-state index contributed by atoms with van der Waals surface area (Å²) in [6, 6.07) is 22.8. The highest BCUT2D eigenvalue weighted by atomic mass is 16.1. The highest BCUT2D eigenvalue weighted by Gasteiger charge is 2.41. The minimum absolute atomic E-state index is 0.114. The van der Waals surface area contributed by atoms with E-state index in [1.165, 1.54) is 0 Å². The summed E-state index contributed by atoms with van der Waals surface area (Å²) in [7, 11) is 0. The van der Waals surface area contributed by atoms with Crippen LogP contribution < -0.4 is 10.6 Å². The van der Waals surface area contributed by atoms with Crippen LogP contribution in [-0.2, 0) is 4.79 Å². The van der Waals surface area contributed by atoms with Crippen LogP contribution in [0, 0.1) is 25.2 Å². The summed E-state index contributed by atoms with van der Waals surface area (Å²) < 4.78 is 0. The Morgan fingerprint density at radius 2 is 1.81 bits per heavy atom. The summed E-state index contributed by atoms with van der Waals surface area (Å²) in [5.41, 5.74) is 12.9. The molecule has 0 radical (unpaired) electrons. The second-order valence-corrected chi connectivity index (χ2v) is 8.67. The van der Waals surface area contributed by atoms with Crippen molar-refractivity contribution in [3.8, 4) is 6.07 Å². The minimum atomic E-state index is -0.422. The van der Waals surface area contributed by atoms with E-state index in [1.54, 1.807) is 0 Å². The molecule has 2 aliphatic rings. The van der Waals surface area contributed by atoms with Crippen molar-refractivity contribution < 1.29 is 4.79 Å². The van der Waals surface area contributed by atoms with Gasteiger partial charge in [0.05, 0.1) is 23.2 Å². The van der Waals surface area contributed by atoms with Crippen molar-refractivity contribution in [1.82, 2.24) is 0 Å². The monoisotopic (exact) mass is 419 g/mol. The first-order valence-electron chi connectivity index (χ1n) is 11.0. The topological polar surface area (TPSA) is 70.1 Å². The lowest BCUT2D eigenvalue weighted by Crippen LogP contribution is -2.39. The molecule has 0 spiro atoms. The number of rotatable bonds is 2. The molecule has 0 bridgehead atoms. The van der Waals surface area contributed by atoms with E-state index in [9.17, 15) is 10.1 Å². The van der Waals surface area contributed by atoms with E-state index in [0.717, 1.165) is 57.3 Å². The fraction of sp³-hybridized carbons (Fsp3) is 0.214. The maximum atomic E-state index is 13.4. The highest BCUT2D eigenvalue weighted by Crippen LogP contribution is 2.48. The van der Waals surface area contributed by atoms with Gasteiger partial charge in [-0.05, 0) is 49.3 Å². The van der Waals surface area contributed by atoms with E-state index < -0.39 is 5.92 Å². The summed E-state index contributed by atoms with van der Waals surface area (Å²) in [5.74, 6) is 0.111. The SMILES string of the molecule is Cc1ccc(C)c(C2C(C#N)=C(N)N(c3cccc4ccccc34)C3=C2C(=O)CCC3)c1. The van der Waals surface area contributed by atoms with Gasteiger partial charge in [0.15, 0.2) is 5.78 Å². The molecule has 0 amide bonds. The maximum Gasteiger partial charge on any atom is 0.161 e. The van der Waals surface area contributed by atoms with Crippen LogP contribution in [0.1, 0.15) is 41.9 Å². The average Bonchev–Trinajstić information content (AvgIpc) is 2.80. The van der Waals surface area contributed by atoms with Crippen LogP contribution in [0.25, 0.3) is 10.8 Å². The van der Waals surface area contributed by atoms with Gasteiger partial charge in [-0.15, -0.1) is 0 Å². The van der Waals surface area contributed by atoms with Crippen molar-refractivity contribution in [3.05, 3.63) is 100 Å². The number of hydrogen-bond donors (Lipinski definition) is 1. The number of allylic oxidation sites excluding steroid dienone is 3. The zero-order valence-electron chi connectivity index (χ0n) is 18.4. The quantitative estimate of drug-likeness (QED) is 0.573. The van der Waals surface area contributed by atoms with Crippen molar-refractivity contribution in [2.75, 3.05) is 4.90 Å². The number of aryl methyl sites for hydroxylation is 2.